The zero-order valence-corrected chi connectivity index (χ0v) is 39.2. The summed E-state index contributed by atoms with van der Waals surface area (Å²) in [5.74, 6) is 1.93. The van der Waals surface area contributed by atoms with Crippen molar-refractivity contribution in [1.29, 1.82) is 0 Å². The number of benzene rings is 3. The predicted octanol–water partition coefficient (Wildman–Crippen LogP) is 13.6. The fraction of sp³-hybridized carbons (Fsp3) is 0.418. The SMILES string of the molecule is CCCCCCCOc1ccc(C=Cc2cc[n+](CCCCCCCC[n+]3ccc(C=Cc4ccc(OCCCCCCC)cc4)cc3)cc2)cc1.Cc1ccc(S(=O)(=O)O)cc1. The Labute approximate surface area is 380 Å². The van der Waals surface area contributed by atoms with Gasteiger partial charge in [-0.3, -0.25) is 4.55 Å². The van der Waals surface area contributed by atoms with Gasteiger partial charge in [0.1, 0.15) is 24.6 Å². The molecule has 0 bridgehead atoms. The number of aromatic nitrogens is 2. The molecule has 5 rings (SSSR count). The molecule has 0 aliphatic carbocycles. The fourth-order valence-electron chi connectivity index (χ4n) is 6.99. The zero-order chi connectivity index (χ0) is 44.8. The largest absolute Gasteiger partial charge is 0.494 e. The lowest BCUT2D eigenvalue weighted by Gasteiger charge is -2.06. The first kappa shape index (κ1) is 50.6. The van der Waals surface area contributed by atoms with E-state index >= 15 is 0 Å². The van der Waals surface area contributed by atoms with Crippen LogP contribution in [0.1, 0.15) is 144 Å². The maximum absolute atomic E-state index is 10.5. The Kier molecular flexibility index (Phi) is 24.2. The molecule has 5 aromatic rings. The van der Waals surface area contributed by atoms with Crippen molar-refractivity contribution in [3.05, 3.63) is 150 Å². The van der Waals surface area contributed by atoms with E-state index in [-0.39, 0.29) is 4.90 Å². The highest BCUT2D eigenvalue weighted by Crippen LogP contribution is 2.17. The number of hydrogen-bond donors (Lipinski definition) is 1. The van der Waals surface area contributed by atoms with Crippen LogP contribution >= 0.6 is 0 Å². The van der Waals surface area contributed by atoms with Crippen LogP contribution < -0.4 is 18.6 Å². The van der Waals surface area contributed by atoms with Crippen LogP contribution in [0, 0.1) is 6.92 Å². The quantitative estimate of drug-likeness (QED) is 0.0308. The molecule has 63 heavy (non-hydrogen) atoms. The second-order valence-electron chi connectivity index (χ2n) is 16.5. The molecule has 0 atom stereocenters. The van der Waals surface area contributed by atoms with Gasteiger partial charge >= 0.3 is 0 Å². The minimum absolute atomic E-state index is 0.0666. The molecule has 2 heterocycles. The number of hydrogen-bond acceptors (Lipinski definition) is 4. The van der Waals surface area contributed by atoms with Gasteiger partial charge in [0.25, 0.3) is 10.1 Å². The van der Waals surface area contributed by atoms with Crippen LogP contribution in [0.4, 0.5) is 0 Å². The van der Waals surface area contributed by atoms with Crippen LogP contribution in [0.2, 0.25) is 0 Å². The fourth-order valence-corrected chi connectivity index (χ4v) is 7.47. The van der Waals surface area contributed by atoms with Crippen LogP contribution in [0.15, 0.2) is 127 Å². The van der Waals surface area contributed by atoms with Crippen molar-refractivity contribution >= 4 is 34.4 Å². The van der Waals surface area contributed by atoms with Gasteiger partial charge in [0.15, 0.2) is 24.8 Å². The first-order chi connectivity index (χ1) is 30.7. The van der Waals surface area contributed by atoms with Crippen LogP contribution in [0.5, 0.6) is 11.5 Å². The Balaban J connectivity index is 0.000000688. The molecule has 0 saturated carbocycles. The summed E-state index contributed by atoms with van der Waals surface area (Å²) >= 11 is 0. The predicted molar refractivity (Wildman–Crippen MR) is 261 cm³/mol. The van der Waals surface area contributed by atoms with Crippen molar-refractivity contribution < 1.29 is 31.6 Å². The van der Waals surface area contributed by atoms with Crippen LogP contribution in [0.25, 0.3) is 24.3 Å². The molecule has 7 nitrogen and oxygen atoms in total. The summed E-state index contributed by atoms with van der Waals surface area (Å²) in [4.78, 5) is -0.0666. The van der Waals surface area contributed by atoms with Crippen molar-refractivity contribution in [2.24, 2.45) is 0 Å². The summed E-state index contributed by atoms with van der Waals surface area (Å²) in [6.45, 7) is 10.1. The summed E-state index contributed by atoms with van der Waals surface area (Å²) in [6.07, 6.45) is 37.8. The standard InChI is InChI=1S/C48H66N2O2.C7H8O3S/c1-3-5-7-13-17-41-51-47-27-23-43(24-28-47)19-21-45-31-37-49(38-32-45)35-15-11-9-10-12-16-36-50-39-33-46(34-40-50)22-20-44-25-29-48(30-26-44)52-42-18-14-8-6-4-2;1-6-2-4-7(5-3-6)11(8,9)10/h19-34,37-40H,3-18,35-36,41-42H2,1-2H3;2-5H,1H3,(H,8,9,10)/q+2;. The molecule has 0 unspecified atom stereocenters. The van der Waals surface area contributed by atoms with Gasteiger partial charge in [-0.15, -0.1) is 0 Å². The Morgan fingerprint density at radius 2 is 0.778 bits per heavy atom. The average Bonchev–Trinajstić information content (AvgIpc) is 3.30. The van der Waals surface area contributed by atoms with E-state index in [0.29, 0.717) is 0 Å². The number of unbranched alkanes of at least 4 members (excludes halogenated alkanes) is 13. The second kappa shape index (κ2) is 30.1. The lowest BCUT2D eigenvalue weighted by atomic mass is 10.1. The van der Waals surface area contributed by atoms with E-state index in [9.17, 15) is 8.42 Å². The lowest BCUT2D eigenvalue weighted by Crippen LogP contribution is -2.32. The van der Waals surface area contributed by atoms with Gasteiger partial charge in [-0.05, 0) is 91.3 Å². The van der Waals surface area contributed by atoms with Crippen molar-refractivity contribution in [3.8, 4) is 11.5 Å². The van der Waals surface area contributed by atoms with Gasteiger partial charge in [0, 0.05) is 37.1 Å². The average molecular weight is 875 g/mol. The molecule has 0 aliphatic heterocycles. The van der Waals surface area contributed by atoms with Gasteiger partial charge in [-0.1, -0.05) is 144 Å². The monoisotopic (exact) mass is 875 g/mol. The third kappa shape index (κ3) is 22.2. The highest BCUT2D eigenvalue weighted by atomic mass is 32.2. The third-order valence-corrected chi connectivity index (χ3v) is 11.8. The molecule has 2 aromatic heterocycles. The molecule has 0 aliphatic rings. The summed E-state index contributed by atoms with van der Waals surface area (Å²) in [6, 6.07) is 31.7. The van der Waals surface area contributed by atoms with Crippen LogP contribution in [-0.2, 0) is 23.2 Å². The van der Waals surface area contributed by atoms with Gasteiger partial charge < -0.3 is 9.47 Å². The molecule has 3 aromatic carbocycles. The molecule has 0 spiro atoms. The molecule has 0 amide bonds. The molecule has 0 saturated heterocycles. The van der Waals surface area contributed by atoms with E-state index in [1.807, 2.05) is 6.92 Å². The molecule has 0 radical (unpaired) electrons. The summed E-state index contributed by atoms with van der Waals surface area (Å²) in [5, 5.41) is 0. The molecular weight excluding hydrogens is 801 g/mol. The molecule has 338 valence electrons. The summed E-state index contributed by atoms with van der Waals surface area (Å²) < 4.78 is 46.0. The maximum Gasteiger partial charge on any atom is 0.294 e. The highest BCUT2D eigenvalue weighted by Gasteiger charge is 2.07. The van der Waals surface area contributed by atoms with Crippen molar-refractivity contribution in [1.82, 2.24) is 0 Å². The molecular formula is C55H74N2O5S+2. The van der Waals surface area contributed by atoms with E-state index in [1.165, 1.54) is 124 Å². The first-order valence-electron chi connectivity index (χ1n) is 23.6. The van der Waals surface area contributed by atoms with E-state index in [4.69, 9.17) is 14.0 Å². The first-order valence-corrected chi connectivity index (χ1v) is 25.0. The smallest absolute Gasteiger partial charge is 0.294 e. The van der Waals surface area contributed by atoms with Crippen LogP contribution in [0.3, 0.4) is 0 Å². The lowest BCUT2D eigenvalue weighted by molar-refractivity contribution is -0.697. The minimum atomic E-state index is -4.02. The Morgan fingerprint density at radius 3 is 1.14 bits per heavy atom. The second-order valence-corrected chi connectivity index (χ2v) is 17.9. The summed E-state index contributed by atoms with van der Waals surface area (Å²) in [7, 11) is -4.02. The maximum atomic E-state index is 10.5. The number of aryl methyl sites for hydroxylation is 3. The Morgan fingerprint density at radius 1 is 0.444 bits per heavy atom. The Bertz CT molecular complexity index is 1990. The number of nitrogens with zero attached hydrogens (tertiary/aromatic N) is 2. The Hall–Kier alpha value is -5.05. The van der Waals surface area contributed by atoms with E-state index in [2.05, 4.69) is 145 Å². The molecule has 1 N–H and O–H groups in total. The minimum Gasteiger partial charge on any atom is -0.494 e. The van der Waals surface area contributed by atoms with E-state index in [0.717, 1.165) is 56.2 Å². The van der Waals surface area contributed by atoms with Crippen molar-refractivity contribution in [2.75, 3.05) is 13.2 Å². The van der Waals surface area contributed by atoms with Gasteiger partial charge in [-0.2, -0.15) is 8.42 Å². The van der Waals surface area contributed by atoms with E-state index in [1.54, 1.807) is 12.1 Å². The van der Waals surface area contributed by atoms with Crippen molar-refractivity contribution in [2.45, 2.75) is 141 Å². The van der Waals surface area contributed by atoms with Gasteiger partial charge in [0.05, 0.1) is 18.1 Å². The molecule has 0 fully saturated rings. The van der Waals surface area contributed by atoms with Gasteiger partial charge in [-0.25, -0.2) is 9.13 Å². The van der Waals surface area contributed by atoms with Gasteiger partial charge in [0.2, 0.25) is 0 Å². The highest BCUT2D eigenvalue weighted by molar-refractivity contribution is 7.85. The number of pyridine rings is 2. The number of ether oxygens (including phenoxy) is 2. The topological polar surface area (TPSA) is 80.6 Å². The van der Waals surface area contributed by atoms with Crippen molar-refractivity contribution in [3.63, 3.8) is 0 Å². The summed E-state index contributed by atoms with van der Waals surface area (Å²) in [5.41, 5.74) is 5.79. The number of rotatable bonds is 28. The molecule has 8 heteroatoms. The van der Waals surface area contributed by atoms with Crippen LogP contribution in [-0.4, -0.2) is 26.2 Å². The normalized spacial score (nSPS) is 11.5. The third-order valence-electron chi connectivity index (χ3n) is 11.0. The van der Waals surface area contributed by atoms with E-state index < -0.39 is 10.1 Å². The zero-order valence-electron chi connectivity index (χ0n) is 38.4.